The Morgan fingerprint density at radius 2 is 0.969 bits per heavy atom. The molecule has 3 aromatic rings. The molecule has 2 aliphatic heterocycles. The minimum absolute atomic E-state index is 0.00349. The number of carbonyl (C=O) groups is 6. The topological polar surface area (TPSA) is 193 Å². The molecule has 0 bridgehead atoms. The molecule has 2 fully saturated rings. The number of amides is 3. The lowest BCUT2D eigenvalue weighted by atomic mass is 9.79. The maximum Gasteiger partial charge on any atom is 0.317 e. The van der Waals surface area contributed by atoms with Crippen LogP contribution in [-0.2, 0) is 33.5 Å². The average Bonchev–Trinajstić information content (AvgIpc) is 3.73. The van der Waals surface area contributed by atoms with Crippen LogP contribution in [0.25, 0.3) is 0 Å². The highest BCUT2D eigenvalue weighted by Gasteiger charge is 2.45. The molecule has 0 aromatic heterocycles. The van der Waals surface area contributed by atoms with Crippen molar-refractivity contribution in [3.63, 3.8) is 0 Å². The van der Waals surface area contributed by atoms with E-state index in [0.717, 1.165) is 44.8 Å². The number of benzene rings is 3. The zero-order valence-electron chi connectivity index (χ0n) is 40.0. The Balaban J connectivity index is 0.000000462. The Bertz CT molecular complexity index is 1830. The van der Waals surface area contributed by atoms with Crippen molar-refractivity contribution in [1.82, 2.24) is 10.2 Å². The van der Waals surface area contributed by atoms with Gasteiger partial charge in [-0.15, -0.1) is 0 Å². The van der Waals surface area contributed by atoms with Gasteiger partial charge in [0.15, 0.2) is 0 Å². The van der Waals surface area contributed by atoms with Crippen LogP contribution in [0.4, 0.5) is 0 Å². The summed E-state index contributed by atoms with van der Waals surface area (Å²) in [7, 11) is 5.67. The number of hydrogen-bond acceptors (Lipinski definition) is 9. The number of carbonyl (C=O) groups excluding carboxylic acids is 5. The number of rotatable bonds is 18. The number of ether oxygens (including phenoxy) is 1. The van der Waals surface area contributed by atoms with E-state index in [1.165, 1.54) is 23.1 Å². The van der Waals surface area contributed by atoms with Crippen LogP contribution in [0, 0.1) is 35.5 Å². The van der Waals surface area contributed by atoms with Crippen molar-refractivity contribution in [3.8, 4) is 0 Å². The molecule has 2 heterocycles. The Labute approximate surface area is 382 Å². The first-order chi connectivity index (χ1) is 30.8. The van der Waals surface area contributed by atoms with E-state index in [9.17, 15) is 33.9 Å². The maximum atomic E-state index is 12.3. The molecule has 0 saturated carbocycles. The molecule has 0 aliphatic carbocycles. The number of imide groups is 1. The second kappa shape index (κ2) is 30.8. The molecule has 354 valence electrons. The summed E-state index contributed by atoms with van der Waals surface area (Å²) in [4.78, 5) is 72.6. The Hall–Kier alpha value is -5.20. The van der Waals surface area contributed by atoms with Gasteiger partial charge in [-0.05, 0) is 99.3 Å². The van der Waals surface area contributed by atoms with Gasteiger partial charge in [-0.25, -0.2) is 0 Å². The number of nitrogens with one attached hydrogen (secondary N) is 1. The van der Waals surface area contributed by atoms with Gasteiger partial charge in [0, 0.05) is 27.1 Å². The SMILES string of the molecule is CCC(CC(C(=O)NC)C(CC)C(=O)O)c1ccccc1.CCC(CC1C(=O)N(C)C(=O)C1CC)c1ccccc1.CCC(CC1C(=O)OC(=O)C1CC)c1ccccc1.CN.CO. The summed E-state index contributed by atoms with van der Waals surface area (Å²) >= 11 is 0. The van der Waals surface area contributed by atoms with Crippen LogP contribution >= 0.6 is 0 Å². The Morgan fingerprint density at radius 1 is 0.594 bits per heavy atom. The van der Waals surface area contributed by atoms with E-state index in [1.54, 1.807) is 14.1 Å². The number of hydrogen-bond donors (Lipinski definition) is 4. The average molecular weight is 888 g/mol. The third-order valence-electron chi connectivity index (χ3n) is 12.7. The summed E-state index contributed by atoms with van der Waals surface area (Å²) in [6, 6.07) is 30.4. The fourth-order valence-electron chi connectivity index (χ4n) is 8.95. The Kier molecular flexibility index (Phi) is 27.4. The second-order valence-corrected chi connectivity index (χ2v) is 16.0. The zero-order valence-corrected chi connectivity index (χ0v) is 40.0. The third kappa shape index (κ3) is 16.1. The number of aliphatic hydroxyl groups is 1. The third-order valence-corrected chi connectivity index (χ3v) is 12.7. The van der Waals surface area contributed by atoms with Crippen LogP contribution in [0.15, 0.2) is 91.0 Å². The largest absolute Gasteiger partial charge is 0.481 e. The van der Waals surface area contributed by atoms with Gasteiger partial charge in [-0.1, -0.05) is 133 Å². The van der Waals surface area contributed by atoms with Crippen LogP contribution in [0.2, 0.25) is 0 Å². The Morgan fingerprint density at radius 3 is 1.33 bits per heavy atom. The van der Waals surface area contributed by atoms with E-state index >= 15 is 0 Å². The molecular weight excluding hydrogens is 811 g/mol. The molecule has 5 rings (SSSR count). The van der Waals surface area contributed by atoms with Crippen molar-refractivity contribution >= 4 is 35.6 Å². The van der Waals surface area contributed by atoms with Crippen molar-refractivity contribution in [2.45, 2.75) is 117 Å². The molecule has 3 amide bonds. The minimum atomic E-state index is -0.894. The van der Waals surface area contributed by atoms with E-state index in [2.05, 4.69) is 56.1 Å². The number of aliphatic carboxylic acids is 1. The van der Waals surface area contributed by atoms with Gasteiger partial charge in [-0.3, -0.25) is 33.7 Å². The summed E-state index contributed by atoms with van der Waals surface area (Å²) in [5, 5.41) is 19.0. The summed E-state index contributed by atoms with van der Waals surface area (Å²) < 4.78 is 4.78. The fraction of sp³-hybridized carbons (Fsp3) is 0.538. The monoisotopic (exact) mass is 888 g/mol. The summed E-state index contributed by atoms with van der Waals surface area (Å²) in [6.07, 6.45) is 6.72. The van der Waals surface area contributed by atoms with Crippen LogP contribution in [-0.4, -0.2) is 79.0 Å². The van der Waals surface area contributed by atoms with Crippen molar-refractivity contribution < 1.29 is 43.7 Å². The van der Waals surface area contributed by atoms with Crippen LogP contribution in [0.5, 0.6) is 0 Å². The molecular formula is C52H77N3O9. The van der Waals surface area contributed by atoms with Crippen LogP contribution < -0.4 is 11.1 Å². The lowest BCUT2D eigenvalue weighted by Gasteiger charge is -2.26. The van der Waals surface area contributed by atoms with Crippen molar-refractivity contribution in [3.05, 3.63) is 108 Å². The number of nitrogens with zero attached hydrogens (tertiary/aromatic N) is 1. The van der Waals surface area contributed by atoms with Crippen LogP contribution in [0.1, 0.15) is 134 Å². The summed E-state index contributed by atoms with van der Waals surface area (Å²) in [5.74, 6) is -2.88. The highest BCUT2D eigenvalue weighted by molar-refractivity contribution is 6.04. The summed E-state index contributed by atoms with van der Waals surface area (Å²) in [6.45, 7) is 12.1. The smallest absolute Gasteiger partial charge is 0.317 e. The van der Waals surface area contributed by atoms with E-state index in [4.69, 9.17) is 9.84 Å². The first-order valence-electron chi connectivity index (χ1n) is 23.0. The molecule has 12 nitrogen and oxygen atoms in total. The first kappa shape index (κ1) is 56.8. The normalized spacial score (nSPS) is 19.9. The minimum Gasteiger partial charge on any atom is -0.481 e. The number of likely N-dealkylation sites (tertiary alicyclic amines) is 1. The molecule has 2 saturated heterocycles. The lowest BCUT2D eigenvalue weighted by molar-refractivity contribution is -0.154. The van der Waals surface area contributed by atoms with E-state index in [-0.39, 0.29) is 59.2 Å². The van der Waals surface area contributed by atoms with E-state index < -0.39 is 17.8 Å². The lowest BCUT2D eigenvalue weighted by Crippen LogP contribution is -2.37. The quantitative estimate of drug-likeness (QED) is 0.0545. The molecule has 2 aliphatic rings. The highest BCUT2D eigenvalue weighted by atomic mass is 16.6. The molecule has 9 unspecified atom stereocenters. The zero-order chi connectivity index (χ0) is 48.4. The molecule has 0 spiro atoms. The first-order valence-corrected chi connectivity index (χ1v) is 23.0. The van der Waals surface area contributed by atoms with Crippen LogP contribution in [0.3, 0.4) is 0 Å². The molecule has 12 heteroatoms. The van der Waals surface area contributed by atoms with E-state index in [1.807, 2.05) is 87.5 Å². The van der Waals surface area contributed by atoms with Crippen molar-refractivity contribution in [2.75, 3.05) is 28.3 Å². The van der Waals surface area contributed by atoms with Gasteiger partial charge in [-0.2, -0.15) is 0 Å². The van der Waals surface area contributed by atoms with Gasteiger partial charge in [0.2, 0.25) is 17.7 Å². The molecule has 9 atom stereocenters. The fourth-order valence-corrected chi connectivity index (χ4v) is 8.95. The number of carboxylic acid groups (broad SMARTS) is 1. The maximum absolute atomic E-state index is 12.3. The standard InChI is InChI=1S/C17H25NO3.C17H23NO2.C16H20O3.CH5N.CH4O/c1-4-12(13-9-7-6-8-10-13)11-15(16(19)18-3)14(5-2)17(20)21;1-4-12(13-9-7-6-8-10-13)11-15-14(5-2)16(19)18(3)17(15)20;1-3-11(12-8-6-5-7-9-12)10-14-13(4-2)15(17)19-16(14)18;2*1-2/h6-10,12,14-15H,4-5,11H2,1-3H3,(H,18,19)(H,20,21);6-10,12,14-15H,4-5,11H2,1-3H3;5-9,11,13-14H,3-4,10H2,1-2H3;2H2,1H3;2H,1H3. The molecule has 64 heavy (non-hydrogen) atoms. The summed E-state index contributed by atoms with van der Waals surface area (Å²) in [5.41, 5.74) is 8.15. The van der Waals surface area contributed by atoms with Gasteiger partial charge in [0.25, 0.3) is 0 Å². The number of nitrogens with two attached hydrogens (primary N) is 1. The highest BCUT2D eigenvalue weighted by Crippen LogP contribution is 2.38. The molecule has 0 radical (unpaired) electrons. The number of cyclic esters (lactones) is 2. The number of esters is 2. The second-order valence-electron chi connectivity index (χ2n) is 16.0. The molecule has 5 N–H and O–H groups in total. The van der Waals surface area contributed by atoms with Gasteiger partial charge in [0.1, 0.15) is 0 Å². The number of aliphatic hydroxyl groups excluding tert-OH is 1. The van der Waals surface area contributed by atoms with Crippen molar-refractivity contribution in [1.29, 1.82) is 0 Å². The van der Waals surface area contributed by atoms with Crippen molar-refractivity contribution in [2.24, 2.45) is 41.2 Å². The number of carboxylic acids is 1. The van der Waals surface area contributed by atoms with Gasteiger partial charge < -0.3 is 26.0 Å². The molecule has 3 aromatic carbocycles. The predicted molar refractivity (Wildman–Crippen MR) is 253 cm³/mol. The van der Waals surface area contributed by atoms with E-state index in [0.29, 0.717) is 37.5 Å². The van der Waals surface area contributed by atoms with Gasteiger partial charge >= 0.3 is 17.9 Å². The predicted octanol–water partition coefficient (Wildman–Crippen LogP) is 8.73. The van der Waals surface area contributed by atoms with Gasteiger partial charge in [0.05, 0.1) is 29.6 Å².